The van der Waals surface area contributed by atoms with E-state index in [0.717, 1.165) is 9.87 Å². The van der Waals surface area contributed by atoms with Gasteiger partial charge < -0.3 is 10.1 Å². The van der Waals surface area contributed by atoms with Gasteiger partial charge in [0.15, 0.2) is 0 Å². The molecule has 0 heterocycles. The topological polar surface area (TPSA) is 75.7 Å². The van der Waals surface area contributed by atoms with Gasteiger partial charge in [-0.3, -0.25) is 9.10 Å². The van der Waals surface area contributed by atoms with Gasteiger partial charge in [0.05, 0.1) is 23.2 Å². The minimum atomic E-state index is -3.99. The smallest absolute Gasteiger partial charge is 0.264 e. The highest BCUT2D eigenvalue weighted by Crippen LogP contribution is 2.26. The van der Waals surface area contributed by atoms with Crippen LogP contribution in [0.1, 0.15) is 51.8 Å². The number of carbonyl (C=O) groups is 1. The fourth-order valence-corrected chi connectivity index (χ4v) is 5.10. The van der Waals surface area contributed by atoms with E-state index in [-0.39, 0.29) is 22.9 Å². The van der Waals surface area contributed by atoms with Gasteiger partial charge in [-0.25, -0.2) is 8.42 Å². The van der Waals surface area contributed by atoms with E-state index >= 15 is 0 Å². The number of nitrogens with zero attached hydrogens (tertiary/aromatic N) is 1. The van der Waals surface area contributed by atoms with Crippen LogP contribution >= 0.6 is 0 Å². The fourth-order valence-electron chi connectivity index (χ4n) is 3.68. The molecule has 0 bridgehead atoms. The molecule has 0 spiro atoms. The van der Waals surface area contributed by atoms with E-state index in [1.165, 1.54) is 17.7 Å². The number of sulfonamides is 1. The van der Waals surface area contributed by atoms with Gasteiger partial charge in [0.1, 0.15) is 12.3 Å². The van der Waals surface area contributed by atoms with E-state index in [1.54, 1.807) is 42.5 Å². The number of ether oxygens (including phenoxy) is 1. The number of nitrogens with one attached hydrogen (secondary N) is 1. The molecule has 3 aromatic carbocycles. The molecule has 1 N–H and O–H groups in total. The van der Waals surface area contributed by atoms with Gasteiger partial charge in [0.25, 0.3) is 10.0 Å². The molecule has 3 aromatic rings. The number of anilines is 1. The number of rotatable bonds is 9. The van der Waals surface area contributed by atoms with Gasteiger partial charge in [-0.1, -0.05) is 63.2 Å². The molecule has 0 aliphatic rings. The average Bonchev–Trinajstić information content (AvgIpc) is 2.83. The van der Waals surface area contributed by atoms with Gasteiger partial charge in [0, 0.05) is 0 Å². The van der Waals surface area contributed by atoms with E-state index in [0.29, 0.717) is 18.0 Å². The molecule has 0 radical (unpaired) electrons. The maximum atomic E-state index is 13.5. The van der Waals surface area contributed by atoms with Crippen LogP contribution in [0.15, 0.2) is 83.8 Å². The van der Waals surface area contributed by atoms with Crippen LogP contribution in [0.4, 0.5) is 5.69 Å². The van der Waals surface area contributed by atoms with Crippen LogP contribution in [-0.2, 0) is 20.2 Å². The van der Waals surface area contributed by atoms with Crippen LogP contribution in [0, 0.1) is 0 Å². The average molecular weight is 495 g/mol. The van der Waals surface area contributed by atoms with Crippen molar-refractivity contribution < 1.29 is 17.9 Å². The summed E-state index contributed by atoms with van der Waals surface area (Å²) in [6, 6.07) is 22.7. The van der Waals surface area contributed by atoms with E-state index in [9.17, 15) is 13.2 Å². The predicted octanol–water partition coefficient (Wildman–Crippen LogP) is 5.46. The van der Waals surface area contributed by atoms with Crippen LogP contribution < -0.4 is 14.4 Å². The molecule has 0 saturated heterocycles. The molecule has 7 heteroatoms. The van der Waals surface area contributed by atoms with Crippen LogP contribution in [0.25, 0.3) is 0 Å². The summed E-state index contributed by atoms with van der Waals surface area (Å²) in [6.45, 7) is 10.3. The molecule has 0 unspecified atom stereocenters. The molecule has 1 amide bonds. The van der Waals surface area contributed by atoms with Crippen LogP contribution in [-0.4, -0.2) is 27.5 Å². The van der Waals surface area contributed by atoms with Gasteiger partial charge in [-0.2, -0.15) is 0 Å². The van der Waals surface area contributed by atoms with Crippen molar-refractivity contribution in [2.45, 2.75) is 51.0 Å². The first-order valence-corrected chi connectivity index (χ1v) is 13.2. The number of carbonyl (C=O) groups excluding carboxylic acids is 1. The SMILES string of the molecule is CCOc1ccc(S(=O)(=O)N(CC(=O)N[C@H](C)c2ccc(C(C)(C)C)cc2)c2ccccc2)cc1. The molecule has 0 saturated carbocycles. The van der Waals surface area contributed by atoms with Crippen molar-refractivity contribution in [2.75, 3.05) is 17.5 Å². The zero-order chi connectivity index (χ0) is 25.6. The Morgan fingerprint density at radius 2 is 1.54 bits per heavy atom. The summed E-state index contributed by atoms with van der Waals surface area (Å²) in [4.78, 5) is 13.1. The lowest BCUT2D eigenvalue weighted by Crippen LogP contribution is -2.41. The third-order valence-corrected chi connectivity index (χ3v) is 7.50. The van der Waals surface area contributed by atoms with E-state index in [4.69, 9.17) is 4.74 Å². The Kier molecular flexibility index (Phi) is 8.22. The first-order chi connectivity index (χ1) is 16.5. The molecule has 35 heavy (non-hydrogen) atoms. The first-order valence-electron chi connectivity index (χ1n) is 11.7. The van der Waals surface area contributed by atoms with Crippen molar-refractivity contribution in [3.05, 3.63) is 90.0 Å². The summed E-state index contributed by atoms with van der Waals surface area (Å²) in [5.41, 5.74) is 2.61. The third-order valence-electron chi connectivity index (χ3n) is 5.71. The molecule has 0 aromatic heterocycles. The summed E-state index contributed by atoms with van der Waals surface area (Å²) in [6.07, 6.45) is 0. The molecule has 186 valence electrons. The van der Waals surface area contributed by atoms with Gasteiger partial charge in [-0.15, -0.1) is 0 Å². The normalized spacial score (nSPS) is 12.6. The molecule has 0 fully saturated rings. The molecule has 0 aliphatic carbocycles. The lowest BCUT2D eigenvalue weighted by Gasteiger charge is -2.25. The van der Waals surface area contributed by atoms with E-state index < -0.39 is 15.9 Å². The standard InChI is InChI=1S/C28H34N2O4S/c1-6-34-25-16-18-26(19-17-25)35(32,33)30(24-10-8-7-9-11-24)20-27(31)29-21(2)22-12-14-23(15-13-22)28(3,4)5/h7-19,21H,6,20H2,1-5H3,(H,29,31)/t21-/m1/s1. The second kappa shape index (κ2) is 11.0. The summed E-state index contributed by atoms with van der Waals surface area (Å²) >= 11 is 0. The van der Waals surface area contributed by atoms with Crippen LogP contribution in [0.3, 0.4) is 0 Å². The zero-order valence-electron chi connectivity index (χ0n) is 21.0. The highest BCUT2D eigenvalue weighted by atomic mass is 32.2. The number of hydrogen-bond acceptors (Lipinski definition) is 4. The quantitative estimate of drug-likeness (QED) is 0.429. The zero-order valence-corrected chi connectivity index (χ0v) is 21.8. The van der Waals surface area contributed by atoms with E-state index in [1.807, 2.05) is 26.0 Å². The Balaban J connectivity index is 1.81. The van der Waals surface area contributed by atoms with Crippen molar-refractivity contribution in [2.24, 2.45) is 0 Å². The van der Waals surface area contributed by atoms with Gasteiger partial charge >= 0.3 is 0 Å². The molecule has 3 rings (SSSR count). The second-order valence-electron chi connectivity index (χ2n) is 9.41. The number of hydrogen-bond donors (Lipinski definition) is 1. The van der Waals surface area contributed by atoms with Crippen molar-refractivity contribution in [1.82, 2.24) is 5.32 Å². The lowest BCUT2D eigenvalue weighted by molar-refractivity contribution is -0.120. The molecular formula is C28H34N2O4S. The summed E-state index contributed by atoms with van der Waals surface area (Å²) in [5.74, 6) is 0.192. The highest BCUT2D eigenvalue weighted by molar-refractivity contribution is 7.92. The Hall–Kier alpha value is -3.32. The van der Waals surface area contributed by atoms with Gasteiger partial charge in [-0.05, 0) is 66.8 Å². The number of amides is 1. The number of benzene rings is 3. The monoisotopic (exact) mass is 494 g/mol. The lowest BCUT2D eigenvalue weighted by atomic mass is 9.86. The Morgan fingerprint density at radius 3 is 2.09 bits per heavy atom. The second-order valence-corrected chi connectivity index (χ2v) is 11.3. The largest absolute Gasteiger partial charge is 0.494 e. The Bertz CT molecular complexity index is 1220. The molecular weight excluding hydrogens is 460 g/mol. The van der Waals surface area contributed by atoms with Crippen molar-refractivity contribution in [1.29, 1.82) is 0 Å². The molecule has 6 nitrogen and oxygen atoms in total. The minimum absolute atomic E-state index is 0.0381. The maximum Gasteiger partial charge on any atom is 0.264 e. The predicted molar refractivity (Wildman–Crippen MR) is 140 cm³/mol. The first kappa shape index (κ1) is 26.3. The minimum Gasteiger partial charge on any atom is -0.494 e. The van der Waals surface area contributed by atoms with Crippen molar-refractivity contribution >= 4 is 21.6 Å². The van der Waals surface area contributed by atoms with Crippen molar-refractivity contribution in [3.63, 3.8) is 0 Å². The number of para-hydroxylation sites is 1. The van der Waals surface area contributed by atoms with Crippen LogP contribution in [0.2, 0.25) is 0 Å². The summed E-state index contributed by atoms with van der Waals surface area (Å²) < 4.78 is 33.6. The molecule has 1 atom stereocenters. The van der Waals surface area contributed by atoms with E-state index in [2.05, 4.69) is 38.2 Å². The maximum absolute atomic E-state index is 13.5. The molecule has 0 aliphatic heterocycles. The fraction of sp³-hybridized carbons (Fsp3) is 0.321. The van der Waals surface area contributed by atoms with Crippen molar-refractivity contribution in [3.8, 4) is 5.75 Å². The Morgan fingerprint density at radius 1 is 0.943 bits per heavy atom. The summed E-state index contributed by atoms with van der Waals surface area (Å²) in [5, 5.41) is 2.94. The summed E-state index contributed by atoms with van der Waals surface area (Å²) in [7, 11) is -3.99. The van der Waals surface area contributed by atoms with Crippen LogP contribution in [0.5, 0.6) is 5.75 Å². The Labute approximate surface area is 209 Å². The van der Waals surface area contributed by atoms with Gasteiger partial charge in [0.2, 0.25) is 5.91 Å². The third kappa shape index (κ3) is 6.63. The highest BCUT2D eigenvalue weighted by Gasteiger charge is 2.28.